The molecule has 0 spiro atoms. The predicted molar refractivity (Wildman–Crippen MR) is 117 cm³/mol. The fraction of sp³-hybridized carbons (Fsp3) is 0.524. The Balaban J connectivity index is 2.03. The Morgan fingerprint density at radius 1 is 1.46 bits per heavy atom. The minimum Gasteiger partial charge on any atom is -0.364 e. The zero-order valence-electron chi connectivity index (χ0n) is 17.4. The Bertz CT molecular complexity index is 888. The number of rotatable bonds is 8. The van der Waals surface area contributed by atoms with Crippen molar-refractivity contribution in [3.8, 4) is 0 Å². The van der Waals surface area contributed by atoms with Crippen LogP contribution in [0.1, 0.15) is 46.4 Å². The van der Waals surface area contributed by atoms with Crippen LogP contribution in [0.5, 0.6) is 0 Å². The zero-order chi connectivity index (χ0) is 20.1. The van der Waals surface area contributed by atoms with E-state index in [9.17, 15) is 0 Å². The molecule has 150 valence electrons. The van der Waals surface area contributed by atoms with Crippen molar-refractivity contribution in [1.82, 2.24) is 24.8 Å². The Kier molecular flexibility index (Phi) is 6.57. The van der Waals surface area contributed by atoms with Crippen molar-refractivity contribution in [1.29, 1.82) is 0 Å². The highest BCUT2D eigenvalue weighted by Crippen LogP contribution is 2.26. The summed E-state index contributed by atoms with van der Waals surface area (Å²) in [6, 6.07) is 0.366. The summed E-state index contributed by atoms with van der Waals surface area (Å²) in [4.78, 5) is 18.5. The van der Waals surface area contributed by atoms with E-state index in [1.807, 2.05) is 12.3 Å². The molecule has 7 nitrogen and oxygen atoms in total. The van der Waals surface area contributed by atoms with Crippen LogP contribution >= 0.6 is 0 Å². The van der Waals surface area contributed by atoms with Crippen molar-refractivity contribution in [2.24, 2.45) is 10.9 Å². The third-order valence-electron chi connectivity index (χ3n) is 5.46. The molecule has 1 saturated heterocycles. The SMILES string of the molecule is C=CC(=CN=C(C)C(C)CC)c1nc2c(NC3CCNC3)ncnc2n1CC. The van der Waals surface area contributed by atoms with E-state index < -0.39 is 0 Å². The van der Waals surface area contributed by atoms with Gasteiger partial charge in [0.1, 0.15) is 12.2 Å². The van der Waals surface area contributed by atoms with Gasteiger partial charge in [-0.3, -0.25) is 4.99 Å². The molecule has 0 bridgehead atoms. The van der Waals surface area contributed by atoms with Gasteiger partial charge in [-0.05, 0) is 39.2 Å². The van der Waals surface area contributed by atoms with Crippen LogP contribution in [0.15, 0.2) is 30.2 Å². The first kappa shape index (κ1) is 20.2. The minimum absolute atomic E-state index is 0.366. The summed E-state index contributed by atoms with van der Waals surface area (Å²) in [6.45, 7) is 15.2. The highest BCUT2D eigenvalue weighted by molar-refractivity contribution is 5.88. The van der Waals surface area contributed by atoms with Gasteiger partial charge < -0.3 is 15.2 Å². The topological polar surface area (TPSA) is 80.0 Å². The van der Waals surface area contributed by atoms with Gasteiger partial charge in [-0.15, -0.1) is 0 Å². The van der Waals surface area contributed by atoms with E-state index in [1.54, 1.807) is 6.33 Å². The molecule has 2 aromatic heterocycles. The third kappa shape index (κ3) is 4.14. The smallest absolute Gasteiger partial charge is 0.165 e. The Hall–Kier alpha value is -2.54. The average Bonchev–Trinajstić information content (AvgIpc) is 3.35. The first-order valence-electron chi connectivity index (χ1n) is 10.1. The van der Waals surface area contributed by atoms with Crippen LogP contribution < -0.4 is 10.6 Å². The van der Waals surface area contributed by atoms with Crippen molar-refractivity contribution < 1.29 is 0 Å². The van der Waals surface area contributed by atoms with E-state index in [2.05, 4.69) is 64.4 Å². The Morgan fingerprint density at radius 3 is 2.93 bits per heavy atom. The highest BCUT2D eigenvalue weighted by atomic mass is 15.2. The number of aromatic nitrogens is 4. The maximum absolute atomic E-state index is 4.89. The van der Waals surface area contributed by atoms with Crippen molar-refractivity contribution in [3.05, 3.63) is 31.0 Å². The molecule has 2 N–H and O–H groups in total. The maximum Gasteiger partial charge on any atom is 0.165 e. The molecule has 3 rings (SSSR count). The van der Waals surface area contributed by atoms with Crippen molar-refractivity contribution in [2.45, 2.75) is 53.1 Å². The Morgan fingerprint density at radius 2 is 2.29 bits per heavy atom. The molecule has 0 saturated carbocycles. The van der Waals surface area contributed by atoms with Crippen LogP contribution in [0.2, 0.25) is 0 Å². The van der Waals surface area contributed by atoms with Gasteiger partial charge >= 0.3 is 0 Å². The number of fused-ring (bicyclic) bond motifs is 1. The van der Waals surface area contributed by atoms with E-state index in [-0.39, 0.29) is 0 Å². The highest BCUT2D eigenvalue weighted by Gasteiger charge is 2.20. The lowest BCUT2D eigenvalue weighted by Gasteiger charge is -2.11. The van der Waals surface area contributed by atoms with Gasteiger partial charge in [0, 0.05) is 36.6 Å². The number of nitrogens with one attached hydrogen (secondary N) is 2. The van der Waals surface area contributed by atoms with Crippen LogP contribution in [0.25, 0.3) is 16.7 Å². The quantitative estimate of drug-likeness (QED) is 0.539. The van der Waals surface area contributed by atoms with Crippen molar-refractivity contribution >= 4 is 28.3 Å². The summed E-state index contributed by atoms with van der Waals surface area (Å²) in [5.74, 6) is 2.06. The van der Waals surface area contributed by atoms with Crippen LogP contribution in [0.3, 0.4) is 0 Å². The van der Waals surface area contributed by atoms with Crippen molar-refractivity contribution in [3.63, 3.8) is 0 Å². The van der Waals surface area contributed by atoms with Gasteiger partial charge in [-0.25, -0.2) is 15.0 Å². The predicted octanol–water partition coefficient (Wildman–Crippen LogP) is 3.65. The molecule has 1 aliphatic heterocycles. The summed E-state index contributed by atoms with van der Waals surface area (Å²) in [7, 11) is 0. The summed E-state index contributed by atoms with van der Waals surface area (Å²) in [6.07, 6.45) is 7.42. The lowest BCUT2D eigenvalue weighted by molar-refractivity contribution is 0.736. The molecule has 2 aromatic rings. The fourth-order valence-electron chi connectivity index (χ4n) is 3.33. The molecule has 1 fully saturated rings. The number of aliphatic imine (C=N–C) groups is 1. The molecule has 0 amide bonds. The van der Waals surface area contributed by atoms with Gasteiger partial charge in [0.15, 0.2) is 17.0 Å². The summed E-state index contributed by atoms with van der Waals surface area (Å²) in [5.41, 5.74) is 3.62. The largest absolute Gasteiger partial charge is 0.364 e. The molecule has 0 aromatic carbocycles. The number of anilines is 1. The summed E-state index contributed by atoms with van der Waals surface area (Å²) in [5, 5.41) is 6.88. The van der Waals surface area contributed by atoms with Gasteiger partial charge in [0.2, 0.25) is 0 Å². The minimum atomic E-state index is 0.366. The normalized spacial score (nSPS) is 19.2. The molecule has 2 atom stereocenters. The first-order chi connectivity index (χ1) is 13.6. The number of nitrogens with zero attached hydrogens (tertiary/aromatic N) is 5. The molecule has 0 aliphatic carbocycles. The first-order valence-corrected chi connectivity index (χ1v) is 10.1. The molecule has 0 radical (unpaired) electrons. The second-order valence-corrected chi connectivity index (χ2v) is 7.28. The molecule has 2 unspecified atom stereocenters. The van der Waals surface area contributed by atoms with E-state index in [1.165, 1.54) is 0 Å². The van der Waals surface area contributed by atoms with Crippen molar-refractivity contribution in [2.75, 3.05) is 18.4 Å². The number of imidazole rings is 1. The summed E-state index contributed by atoms with van der Waals surface area (Å²) >= 11 is 0. The molecular formula is C21H31N7. The molecule has 1 aliphatic rings. The van der Waals surface area contributed by atoms with E-state index in [4.69, 9.17) is 4.98 Å². The van der Waals surface area contributed by atoms with Gasteiger partial charge in [-0.2, -0.15) is 0 Å². The lowest BCUT2D eigenvalue weighted by Crippen LogP contribution is -2.22. The second kappa shape index (κ2) is 9.10. The van der Waals surface area contributed by atoms with Gasteiger partial charge in [0.05, 0.1) is 0 Å². The van der Waals surface area contributed by atoms with Gasteiger partial charge in [-0.1, -0.05) is 26.5 Å². The lowest BCUT2D eigenvalue weighted by atomic mass is 10.0. The number of allylic oxidation sites excluding steroid dienone is 2. The summed E-state index contributed by atoms with van der Waals surface area (Å²) < 4.78 is 2.09. The number of aryl methyl sites for hydroxylation is 1. The van der Waals surface area contributed by atoms with E-state index >= 15 is 0 Å². The Labute approximate surface area is 167 Å². The van der Waals surface area contributed by atoms with Crippen LogP contribution in [-0.2, 0) is 6.54 Å². The van der Waals surface area contributed by atoms with E-state index in [0.29, 0.717) is 12.0 Å². The number of hydrogen-bond donors (Lipinski definition) is 2. The monoisotopic (exact) mass is 381 g/mol. The fourth-order valence-corrected chi connectivity index (χ4v) is 3.33. The molecular weight excluding hydrogens is 350 g/mol. The number of hydrogen-bond acceptors (Lipinski definition) is 6. The standard InChI is InChI=1S/C21H31N7/c1-6-14(4)15(5)23-11-16(7-2)20-27-18-19(26-17-9-10-22-12-17)24-13-25-21(18)28(20)8-3/h7,11,13-14,17,22H,2,6,8-10,12H2,1,3-5H3,(H,24,25,26). The molecule has 3 heterocycles. The van der Waals surface area contributed by atoms with Crippen LogP contribution in [-0.4, -0.2) is 44.4 Å². The zero-order valence-corrected chi connectivity index (χ0v) is 17.4. The average molecular weight is 382 g/mol. The van der Waals surface area contributed by atoms with Crippen LogP contribution in [0, 0.1) is 5.92 Å². The third-order valence-corrected chi connectivity index (χ3v) is 5.46. The second-order valence-electron chi connectivity index (χ2n) is 7.28. The van der Waals surface area contributed by atoms with Crippen LogP contribution in [0.4, 0.5) is 5.82 Å². The molecule has 7 heteroatoms. The van der Waals surface area contributed by atoms with Gasteiger partial charge in [0.25, 0.3) is 0 Å². The van der Waals surface area contributed by atoms with E-state index in [0.717, 1.165) is 66.6 Å². The maximum atomic E-state index is 4.89. The molecule has 28 heavy (non-hydrogen) atoms.